The molecule has 2 rings (SSSR count). The van der Waals surface area contributed by atoms with Gasteiger partial charge < -0.3 is 24.5 Å². The molecule has 0 saturated heterocycles. The number of guanidine groups is 1. The predicted octanol–water partition coefficient (Wildman–Crippen LogP) is 3.42. The number of aryl methyl sites for hydroxylation is 1. The van der Waals surface area contributed by atoms with Gasteiger partial charge in [0, 0.05) is 26.1 Å². The summed E-state index contributed by atoms with van der Waals surface area (Å²) in [7, 11) is 1.66. The number of methoxy groups -OCH3 is 1. The van der Waals surface area contributed by atoms with Crippen molar-refractivity contribution in [2.45, 2.75) is 33.1 Å². The zero-order valence-electron chi connectivity index (χ0n) is 16.6. The molecule has 0 aliphatic carbocycles. The number of benzene rings is 1. The van der Waals surface area contributed by atoms with Gasteiger partial charge in [0.05, 0.1) is 20.0 Å². The first-order chi connectivity index (χ1) is 13.3. The highest BCUT2D eigenvalue weighted by Gasteiger charge is 2.05. The zero-order chi connectivity index (χ0) is 19.3. The van der Waals surface area contributed by atoms with Crippen molar-refractivity contribution in [2.24, 2.45) is 4.99 Å². The van der Waals surface area contributed by atoms with Crippen LogP contribution < -0.4 is 20.1 Å². The molecular formula is C21H31N3O3. The number of aliphatic imine (C=N–C) groups is 1. The number of nitrogens with one attached hydrogen (secondary N) is 2. The molecule has 0 spiro atoms. The van der Waals surface area contributed by atoms with E-state index in [4.69, 9.17) is 13.9 Å². The minimum Gasteiger partial charge on any atom is -0.493 e. The van der Waals surface area contributed by atoms with Gasteiger partial charge in [0.15, 0.2) is 17.5 Å². The largest absolute Gasteiger partial charge is 0.493 e. The van der Waals surface area contributed by atoms with E-state index in [1.165, 1.54) is 5.56 Å². The van der Waals surface area contributed by atoms with E-state index in [1.807, 2.05) is 25.1 Å². The number of furan rings is 1. The fourth-order valence-electron chi connectivity index (χ4n) is 2.72. The van der Waals surface area contributed by atoms with Crippen molar-refractivity contribution in [3.05, 3.63) is 47.9 Å². The summed E-state index contributed by atoms with van der Waals surface area (Å²) in [5.74, 6) is 3.39. The van der Waals surface area contributed by atoms with Crippen LogP contribution in [0.4, 0.5) is 0 Å². The fraction of sp³-hybridized carbons (Fsp3) is 0.476. The molecule has 0 bridgehead atoms. The lowest BCUT2D eigenvalue weighted by atomic mass is 10.1. The summed E-state index contributed by atoms with van der Waals surface area (Å²) in [5.41, 5.74) is 1.23. The molecule has 0 saturated carbocycles. The Bertz CT molecular complexity index is 684. The molecule has 2 N–H and O–H groups in total. The molecule has 0 atom stereocenters. The third kappa shape index (κ3) is 7.25. The molecule has 27 heavy (non-hydrogen) atoms. The first-order valence-electron chi connectivity index (χ1n) is 9.61. The number of hydrogen-bond acceptors (Lipinski definition) is 4. The van der Waals surface area contributed by atoms with E-state index < -0.39 is 0 Å². The van der Waals surface area contributed by atoms with Gasteiger partial charge in [-0.3, -0.25) is 4.99 Å². The summed E-state index contributed by atoms with van der Waals surface area (Å²) < 4.78 is 16.3. The molecule has 0 aliphatic rings. The van der Waals surface area contributed by atoms with Crippen LogP contribution in [-0.4, -0.2) is 39.3 Å². The third-order valence-corrected chi connectivity index (χ3v) is 4.01. The zero-order valence-corrected chi connectivity index (χ0v) is 16.6. The van der Waals surface area contributed by atoms with Gasteiger partial charge in [0.2, 0.25) is 0 Å². The first-order valence-corrected chi connectivity index (χ1v) is 9.61. The van der Waals surface area contributed by atoms with Crippen molar-refractivity contribution < 1.29 is 13.9 Å². The Labute approximate surface area is 162 Å². The Morgan fingerprint density at radius 3 is 2.70 bits per heavy atom. The molecule has 0 fully saturated rings. The van der Waals surface area contributed by atoms with Crippen LogP contribution in [-0.2, 0) is 12.8 Å². The van der Waals surface area contributed by atoms with Crippen molar-refractivity contribution >= 4 is 5.96 Å². The Morgan fingerprint density at radius 1 is 1.11 bits per heavy atom. The van der Waals surface area contributed by atoms with E-state index in [9.17, 15) is 0 Å². The van der Waals surface area contributed by atoms with E-state index in [2.05, 4.69) is 34.7 Å². The standard InChI is InChI=1S/C21H31N3O3/c1-4-22-21(24-14-12-18-9-7-15-27-18)23-13-6-8-17-10-11-19(25-3)20(16-17)26-5-2/h7,9-11,15-16H,4-6,8,12-14H2,1-3H3,(H2,22,23,24). The van der Waals surface area contributed by atoms with Crippen molar-refractivity contribution in [2.75, 3.05) is 33.4 Å². The Morgan fingerprint density at radius 2 is 2.00 bits per heavy atom. The van der Waals surface area contributed by atoms with E-state index in [-0.39, 0.29) is 0 Å². The molecule has 0 aliphatic heterocycles. The minimum absolute atomic E-state index is 0.625. The third-order valence-electron chi connectivity index (χ3n) is 4.01. The van der Waals surface area contributed by atoms with Crippen molar-refractivity contribution in [3.8, 4) is 11.5 Å². The summed E-state index contributed by atoms with van der Waals surface area (Å²) in [6.45, 7) is 7.04. The lowest BCUT2D eigenvalue weighted by molar-refractivity contribution is 0.310. The quantitative estimate of drug-likeness (QED) is 0.359. The SMILES string of the molecule is CCNC(=NCCCc1ccc(OC)c(OCC)c1)NCCc1ccco1. The van der Waals surface area contributed by atoms with Crippen LogP contribution >= 0.6 is 0 Å². The van der Waals surface area contributed by atoms with Gasteiger partial charge in [-0.1, -0.05) is 6.07 Å². The van der Waals surface area contributed by atoms with Crippen molar-refractivity contribution in [1.29, 1.82) is 0 Å². The molecule has 1 heterocycles. The lowest BCUT2D eigenvalue weighted by Crippen LogP contribution is -2.38. The van der Waals surface area contributed by atoms with Gasteiger partial charge in [0.25, 0.3) is 0 Å². The Kier molecular flexibility index (Phi) is 9.10. The minimum atomic E-state index is 0.625. The number of rotatable bonds is 11. The number of nitrogens with zero attached hydrogens (tertiary/aromatic N) is 1. The second-order valence-electron chi connectivity index (χ2n) is 6.04. The number of ether oxygens (including phenoxy) is 2. The van der Waals surface area contributed by atoms with Crippen LogP contribution in [0.1, 0.15) is 31.6 Å². The highest BCUT2D eigenvalue weighted by molar-refractivity contribution is 5.79. The van der Waals surface area contributed by atoms with Crippen LogP contribution in [0.5, 0.6) is 11.5 Å². The molecule has 1 aromatic heterocycles. The maximum absolute atomic E-state index is 5.64. The molecule has 1 aromatic carbocycles. The lowest BCUT2D eigenvalue weighted by Gasteiger charge is -2.12. The van der Waals surface area contributed by atoms with Gasteiger partial charge in [-0.05, 0) is 56.5 Å². The smallest absolute Gasteiger partial charge is 0.191 e. The summed E-state index contributed by atoms with van der Waals surface area (Å²) in [5, 5.41) is 6.61. The normalized spacial score (nSPS) is 11.3. The van der Waals surface area contributed by atoms with Gasteiger partial charge in [-0.2, -0.15) is 0 Å². The second-order valence-corrected chi connectivity index (χ2v) is 6.04. The monoisotopic (exact) mass is 373 g/mol. The first kappa shape index (κ1) is 20.7. The topological polar surface area (TPSA) is 68.0 Å². The average Bonchev–Trinajstić information content (AvgIpc) is 3.19. The molecule has 6 nitrogen and oxygen atoms in total. The van der Waals surface area contributed by atoms with Crippen LogP contribution in [0, 0.1) is 0 Å². The predicted molar refractivity (Wildman–Crippen MR) is 109 cm³/mol. The van der Waals surface area contributed by atoms with E-state index in [0.29, 0.717) is 6.61 Å². The molecular weight excluding hydrogens is 342 g/mol. The maximum atomic E-state index is 5.64. The molecule has 0 amide bonds. The summed E-state index contributed by atoms with van der Waals surface area (Å²) >= 11 is 0. The van der Waals surface area contributed by atoms with Gasteiger partial charge in [-0.25, -0.2) is 0 Å². The van der Waals surface area contributed by atoms with Crippen molar-refractivity contribution in [1.82, 2.24) is 10.6 Å². The molecule has 2 aromatic rings. The Hall–Kier alpha value is -2.63. The van der Waals surface area contributed by atoms with Crippen LogP contribution in [0.2, 0.25) is 0 Å². The van der Waals surface area contributed by atoms with Gasteiger partial charge >= 0.3 is 0 Å². The van der Waals surface area contributed by atoms with E-state index in [0.717, 1.165) is 62.1 Å². The highest BCUT2D eigenvalue weighted by Crippen LogP contribution is 2.28. The highest BCUT2D eigenvalue weighted by atomic mass is 16.5. The molecule has 0 radical (unpaired) electrons. The van der Waals surface area contributed by atoms with E-state index >= 15 is 0 Å². The summed E-state index contributed by atoms with van der Waals surface area (Å²) in [4.78, 5) is 4.65. The Balaban J connectivity index is 1.79. The second kappa shape index (κ2) is 11.9. The van der Waals surface area contributed by atoms with Gasteiger partial charge in [0.1, 0.15) is 5.76 Å². The molecule has 0 unspecified atom stereocenters. The van der Waals surface area contributed by atoms with Crippen LogP contribution in [0.3, 0.4) is 0 Å². The van der Waals surface area contributed by atoms with Gasteiger partial charge in [-0.15, -0.1) is 0 Å². The average molecular weight is 373 g/mol. The summed E-state index contributed by atoms with van der Waals surface area (Å²) in [6.07, 6.45) is 4.44. The van der Waals surface area contributed by atoms with Crippen LogP contribution in [0.25, 0.3) is 0 Å². The molecule has 6 heteroatoms. The van der Waals surface area contributed by atoms with E-state index in [1.54, 1.807) is 13.4 Å². The van der Waals surface area contributed by atoms with Crippen LogP contribution in [0.15, 0.2) is 46.0 Å². The number of hydrogen-bond donors (Lipinski definition) is 2. The molecule has 148 valence electrons. The summed E-state index contributed by atoms with van der Waals surface area (Å²) in [6, 6.07) is 9.99. The fourth-order valence-corrected chi connectivity index (χ4v) is 2.72. The van der Waals surface area contributed by atoms with Crippen molar-refractivity contribution in [3.63, 3.8) is 0 Å². The maximum Gasteiger partial charge on any atom is 0.191 e.